The van der Waals surface area contributed by atoms with Crippen molar-refractivity contribution in [3.05, 3.63) is 68.9 Å². The molecule has 0 spiro atoms. The SMILES string of the molecule is Cc1ccc(C)c(C2=C/C(=C\c3ccsc3)C(=O)O2)c1. The van der Waals surface area contributed by atoms with Gasteiger partial charge >= 0.3 is 5.97 Å². The van der Waals surface area contributed by atoms with E-state index in [0.29, 0.717) is 11.3 Å². The molecule has 0 bridgehead atoms. The number of carbonyl (C=O) groups is 1. The molecule has 0 amide bonds. The summed E-state index contributed by atoms with van der Waals surface area (Å²) in [4.78, 5) is 11.9. The molecule has 100 valence electrons. The van der Waals surface area contributed by atoms with Crippen LogP contribution in [0.1, 0.15) is 22.3 Å². The number of cyclic esters (lactones) is 1. The highest BCUT2D eigenvalue weighted by Crippen LogP contribution is 2.30. The Balaban J connectivity index is 2.00. The number of rotatable bonds is 2. The number of hydrogen-bond acceptors (Lipinski definition) is 3. The minimum absolute atomic E-state index is 0.285. The smallest absolute Gasteiger partial charge is 0.343 e. The summed E-state index contributed by atoms with van der Waals surface area (Å²) in [6.45, 7) is 4.05. The summed E-state index contributed by atoms with van der Waals surface area (Å²) >= 11 is 1.61. The first-order valence-corrected chi connectivity index (χ1v) is 7.33. The molecule has 0 aliphatic carbocycles. The van der Waals surface area contributed by atoms with Crippen molar-refractivity contribution in [2.24, 2.45) is 0 Å². The molecule has 2 heterocycles. The van der Waals surface area contributed by atoms with E-state index in [0.717, 1.165) is 22.3 Å². The van der Waals surface area contributed by atoms with E-state index in [1.807, 2.05) is 55.0 Å². The van der Waals surface area contributed by atoms with E-state index >= 15 is 0 Å². The summed E-state index contributed by atoms with van der Waals surface area (Å²) < 4.78 is 5.40. The van der Waals surface area contributed by atoms with E-state index in [4.69, 9.17) is 4.74 Å². The monoisotopic (exact) mass is 282 g/mol. The highest BCUT2D eigenvalue weighted by Gasteiger charge is 2.23. The van der Waals surface area contributed by atoms with Gasteiger partial charge in [0.25, 0.3) is 0 Å². The summed E-state index contributed by atoms with van der Waals surface area (Å²) in [6.07, 6.45) is 3.68. The van der Waals surface area contributed by atoms with Crippen molar-refractivity contribution in [2.75, 3.05) is 0 Å². The molecule has 20 heavy (non-hydrogen) atoms. The number of ether oxygens (including phenoxy) is 1. The lowest BCUT2D eigenvalue weighted by molar-refractivity contribution is -0.130. The minimum Gasteiger partial charge on any atom is -0.422 e. The fourth-order valence-corrected chi connectivity index (χ4v) is 2.78. The average molecular weight is 282 g/mol. The van der Waals surface area contributed by atoms with Gasteiger partial charge in [-0.25, -0.2) is 4.79 Å². The number of carbonyl (C=O) groups excluding carboxylic acids is 1. The van der Waals surface area contributed by atoms with Crippen LogP contribution in [0.25, 0.3) is 11.8 Å². The van der Waals surface area contributed by atoms with Gasteiger partial charge in [-0.15, -0.1) is 0 Å². The fourth-order valence-electron chi connectivity index (χ4n) is 2.16. The molecule has 1 aliphatic heterocycles. The number of thiophene rings is 1. The molecule has 1 aromatic heterocycles. The first-order valence-electron chi connectivity index (χ1n) is 6.39. The zero-order chi connectivity index (χ0) is 14.1. The summed E-state index contributed by atoms with van der Waals surface area (Å²) in [7, 11) is 0. The van der Waals surface area contributed by atoms with Gasteiger partial charge < -0.3 is 4.74 Å². The molecule has 2 nitrogen and oxygen atoms in total. The Morgan fingerprint density at radius 2 is 2.05 bits per heavy atom. The summed E-state index contributed by atoms with van der Waals surface area (Å²) in [5.41, 5.74) is 4.86. The van der Waals surface area contributed by atoms with Gasteiger partial charge in [-0.1, -0.05) is 17.7 Å². The van der Waals surface area contributed by atoms with Crippen molar-refractivity contribution in [3.63, 3.8) is 0 Å². The van der Waals surface area contributed by atoms with Crippen LogP contribution in [0.5, 0.6) is 0 Å². The van der Waals surface area contributed by atoms with E-state index in [-0.39, 0.29) is 5.97 Å². The second-order valence-electron chi connectivity index (χ2n) is 4.87. The lowest BCUT2D eigenvalue weighted by Gasteiger charge is -2.06. The van der Waals surface area contributed by atoms with Crippen LogP contribution in [0.15, 0.2) is 46.7 Å². The van der Waals surface area contributed by atoms with E-state index in [1.165, 1.54) is 0 Å². The molecule has 0 unspecified atom stereocenters. The van der Waals surface area contributed by atoms with Gasteiger partial charge in [0.05, 0.1) is 5.57 Å². The van der Waals surface area contributed by atoms with Crippen LogP contribution in [0.4, 0.5) is 0 Å². The van der Waals surface area contributed by atoms with Gasteiger partial charge in [-0.2, -0.15) is 11.3 Å². The lowest BCUT2D eigenvalue weighted by atomic mass is 10.0. The Bertz CT molecular complexity index is 721. The second kappa shape index (κ2) is 5.10. The van der Waals surface area contributed by atoms with Crippen LogP contribution in [0, 0.1) is 13.8 Å². The van der Waals surface area contributed by atoms with Crippen molar-refractivity contribution >= 4 is 29.1 Å². The molecule has 0 saturated carbocycles. The van der Waals surface area contributed by atoms with Crippen LogP contribution in [-0.2, 0) is 9.53 Å². The quantitative estimate of drug-likeness (QED) is 0.605. The zero-order valence-corrected chi connectivity index (χ0v) is 12.2. The minimum atomic E-state index is -0.285. The van der Waals surface area contributed by atoms with Crippen molar-refractivity contribution in [3.8, 4) is 0 Å². The Morgan fingerprint density at radius 1 is 1.20 bits per heavy atom. The second-order valence-corrected chi connectivity index (χ2v) is 5.65. The molecule has 3 rings (SSSR count). The third-order valence-corrected chi connectivity index (χ3v) is 3.95. The van der Waals surface area contributed by atoms with E-state index < -0.39 is 0 Å². The first-order chi connectivity index (χ1) is 9.63. The Hall–Kier alpha value is -2.13. The number of esters is 1. The summed E-state index contributed by atoms with van der Waals surface area (Å²) in [5, 5.41) is 3.99. The van der Waals surface area contributed by atoms with Crippen molar-refractivity contribution in [2.45, 2.75) is 13.8 Å². The lowest BCUT2D eigenvalue weighted by Crippen LogP contribution is -1.98. The molecule has 1 aromatic carbocycles. The molecule has 3 heteroatoms. The van der Waals surface area contributed by atoms with Gasteiger partial charge in [-0.3, -0.25) is 0 Å². The highest BCUT2D eigenvalue weighted by atomic mass is 32.1. The zero-order valence-electron chi connectivity index (χ0n) is 11.3. The Labute approximate surface area is 122 Å². The maximum absolute atomic E-state index is 11.9. The Kier molecular flexibility index (Phi) is 3.28. The van der Waals surface area contributed by atoms with Gasteiger partial charge in [0.1, 0.15) is 5.76 Å². The van der Waals surface area contributed by atoms with Crippen molar-refractivity contribution in [1.29, 1.82) is 0 Å². The van der Waals surface area contributed by atoms with Crippen LogP contribution in [0.2, 0.25) is 0 Å². The number of benzene rings is 1. The van der Waals surface area contributed by atoms with Crippen LogP contribution in [0.3, 0.4) is 0 Å². The Morgan fingerprint density at radius 3 is 2.80 bits per heavy atom. The summed E-state index contributed by atoms with van der Waals surface area (Å²) in [5.74, 6) is 0.352. The van der Waals surface area contributed by atoms with E-state index in [2.05, 4.69) is 6.07 Å². The third kappa shape index (κ3) is 2.45. The predicted octanol–water partition coefficient (Wildman–Crippen LogP) is 4.35. The number of aryl methyl sites for hydroxylation is 2. The van der Waals surface area contributed by atoms with Crippen LogP contribution >= 0.6 is 11.3 Å². The topological polar surface area (TPSA) is 26.3 Å². The standard InChI is InChI=1S/C17H14O2S/c1-11-3-4-12(2)15(7-11)16-9-14(17(18)19-16)8-13-5-6-20-10-13/h3-10H,1-2H3/b14-8+. The third-order valence-electron chi connectivity index (χ3n) is 3.25. The molecule has 0 radical (unpaired) electrons. The molecule has 0 saturated heterocycles. The molecule has 0 N–H and O–H groups in total. The molecule has 0 fully saturated rings. The van der Waals surface area contributed by atoms with E-state index in [1.54, 1.807) is 11.3 Å². The molecule has 2 aromatic rings. The number of hydrogen-bond donors (Lipinski definition) is 0. The molecular formula is C17H14O2S. The van der Waals surface area contributed by atoms with Gasteiger partial charge in [-0.05, 0) is 60.0 Å². The largest absolute Gasteiger partial charge is 0.422 e. The van der Waals surface area contributed by atoms with Crippen LogP contribution in [-0.4, -0.2) is 5.97 Å². The maximum atomic E-state index is 11.9. The highest BCUT2D eigenvalue weighted by molar-refractivity contribution is 7.08. The van der Waals surface area contributed by atoms with Gasteiger partial charge in [0.15, 0.2) is 0 Å². The predicted molar refractivity (Wildman–Crippen MR) is 82.3 cm³/mol. The molecule has 0 atom stereocenters. The molecule has 1 aliphatic rings. The molecular weight excluding hydrogens is 268 g/mol. The normalized spacial score (nSPS) is 16.4. The van der Waals surface area contributed by atoms with E-state index in [9.17, 15) is 4.79 Å². The van der Waals surface area contributed by atoms with Crippen molar-refractivity contribution in [1.82, 2.24) is 0 Å². The van der Waals surface area contributed by atoms with Crippen LogP contribution < -0.4 is 0 Å². The fraction of sp³-hybridized carbons (Fsp3) is 0.118. The maximum Gasteiger partial charge on any atom is 0.343 e. The van der Waals surface area contributed by atoms with Gasteiger partial charge in [0, 0.05) is 5.56 Å². The van der Waals surface area contributed by atoms with Gasteiger partial charge in [0.2, 0.25) is 0 Å². The average Bonchev–Trinajstić information content (AvgIpc) is 3.04. The first kappa shape index (κ1) is 12.9. The summed E-state index contributed by atoms with van der Waals surface area (Å²) in [6, 6.07) is 8.12. The van der Waals surface area contributed by atoms with Crippen molar-refractivity contribution < 1.29 is 9.53 Å².